The van der Waals surface area contributed by atoms with Gasteiger partial charge in [-0.15, -0.1) is 0 Å². The van der Waals surface area contributed by atoms with Crippen molar-refractivity contribution in [3.05, 3.63) is 73.0 Å². The van der Waals surface area contributed by atoms with Crippen LogP contribution in [0, 0.1) is 6.92 Å². The van der Waals surface area contributed by atoms with Crippen LogP contribution in [0.3, 0.4) is 0 Å². The van der Waals surface area contributed by atoms with Gasteiger partial charge in [0, 0.05) is 41.4 Å². The Labute approximate surface area is 173 Å². The number of H-pyrrole nitrogens is 1. The highest BCUT2D eigenvalue weighted by Gasteiger charge is 2.22. The van der Waals surface area contributed by atoms with Gasteiger partial charge < -0.3 is 21.4 Å². The van der Waals surface area contributed by atoms with Crippen molar-refractivity contribution in [1.82, 2.24) is 20.2 Å². The van der Waals surface area contributed by atoms with Crippen LogP contribution >= 0.6 is 0 Å². The summed E-state index contributed by atoms with van der Waals surface area (Å²) in [4.78, 5) is 9.79. The van der Waals surface area contributed by atoms with Crippen molar-refractivity contribution >= 4 is 16.6 Å². The third-order valence-electron chi connectivity index (χ3n) is 5.37. The molecule has 0 spiro atoms. The molecule has 0 bridgehead atoms. The predicted octanol–water partition coefficient (Wildman–Crippen LogP) is 3.50. The lowest BCUT2D eigenvalue weighted by atomic mass is 9.97. The Bertz CT molecular complexity index is 923. The molecule has 2 aromatic heterocycles. The minimum Gasteiger partial charge on any atom is -0.403 e. The van der Waals surface area contributed by atoms with E-state index in [9.17, 15) is 0 Å². The summed E-state index contributed by atoms with van der Waals surface area (Å²) < 4.78 is 0. The number of nitrogens with zero attached hydrogens (tertiary/aromatic N) is 2. The number of hydrogen-bond donors (Lipinski definition) is 4. The van der Waals surface area contributed by atoms with Gasteiger partial charge in [-0.3, -0.25) is 5.32 Å². The second kappa shape index (κ2) is 9.58. The number of hydrogen-bond acceptors (Lipinski definition) is 5. The molecule has 6 nitrogen and oxygen atoms in total. The van der Waals surface area contributed by atoms with Crippen LogP contribution in [0.2, 0.25) is 0 Å². The number of nitrogens with two attached hydrogens (primary N) is 2. The Hall–Kier alpha value is -2.83. The zero-order chi connectivity index (χ0) is 20.8. The first-order valence-electron chi connectivity index (χ1n) is 10.1. The molecule has 1 aliphatic heterocycles. The minimum absolute atomic E-state index is 0.122. The maximum Gasteiger partial charge on any atom is 0.138 e. The van der Waals surface area contributed by atoms with Gasteiger partial charge in [0.2, 0.25) is 0 Å². The highest BCUT2D eigenvalue weighted by Crippen LogP contribution is 2.27. The lowest BCUT2D eigenvalue weighted by Crippen LogP contribution is -2.48. The Balaban J connectivity index is 1.68. The van der Waals surface area contributed by atoms with Crippen molar-refractivity contribution in [2.75, 3.05) is 6.54 Å². The first-order chi connectivity index (χ1) is 14.0. The van der Waals surface area contributed by atoms with E-state index < -0.39 is 0 Å². The smallest absolute Gasteiger partial charge is 0.138 e. The van der Waals surface area contributed by atoms with Crippen LogP contribution in [0.1, 0.15) is 36.9 Å². The molecule has 3 rings (SSSR count). The zero-order valence-electron chi connectivity index (χ0n) is 17.2. The normalized spacial score (nSPS) is 18.1. The fourth-order valence-corrected chi connectivity index (χ4v) is 3.91. The molecular formula is C23H32N6. The van der Waals surface area contributed by atoms with Crippen LogP contribution in [0.5, 0.6) is 0 Å². The molecule has 6 heteroatoms. The summed E-state index contributed by atoms with van der Waals surface area (Å²) in [6, 6.07) is 4.46. The van der Waals surface area contributed by atoms with Crippen LogP contribution < -0.4 is 16.8 Å². The van der Waals surface area contributed by atoms with E-state index in [1.807, 2.05) is 31.5 Å². The fourth-order valence-electron chi connectivity index (χ4n) is 3.91. The highest BCUT2D eigenvalue weighted by molar-refractivity contribution is 5.90. The van der Waals surface area contributed by atoms with Crippen LogP contribution in [0.15, 0.2) is 61.7 Å². The van der Waals surface area contributed by atoms with E-state index in [4.69, 9.17) is 11.5 Å². The van der Waals surface area contributed by atoms with Crippen molar-refractivity contribution in [3.63, 3.8) is 0 Å². The van der Waals surface area contributed by atoms with Crippen LogP contribution in [-0.2, 0) is 0 Å². The SMILES string of the molecule is C=C(CCC(CCN)NC1CC=CC(=C)N1/C=C\N)c1ccnc2[nH]c(C)cc12. The Morgan fingerprint density at radius 1 is 1.48 bits per heavy atom. The molecule has 2 aromatic rings. The monoisotopic (exact) mass is 392 g/mol. The van der Waals surface area contributed by atoms with Crippen molar-refractivity contribution in [3.8, 4) is 0 Å². The van der Waals surface area contributed by atoms with Gasteiger partial charge in [0.15, 0.2) is 0 Å². The quantitative estimate of drug-likeness (QED) is 0.524. The molecule has 0 amide bonds. The third kappa shape index (κ3) is 4.96. The molecule has 0 fully saturated rings. The standard InChI is InChI=1S/C23H32N6/c1-16(20-10-13-26-23-21(20)15-17(2)27-23)7-8-19(9-11-24)28-22-6-4-5-18(3)29(22)14-12-25/h4-5,10,12-15,19,22,28H,1,3,6-9,11,24-25H2,2H3,(H,26,27)/b14-12-. The van der Waals surface area contributed by atoms with E-state index >= 15 is 0 Å². The molecule has 3 heterocycles. The van der Waals surface area contributed by atoms with E-state index in [2.05, 4.69) is 45.5 Å². The lowest BCUT2D eigenvalue weighted by molar-refractivity contribution is 0.247. The van der Waals surface area contributed by atoms with Gasteiger partial charge in [-0.2, -0.15) is 0 Å². The van der Waals surface area contributed by atoms with Crippen molar-refractivity contribution in [1.29, 1.82) is 0 Å². The number of aromatic amines is 1. The number of nitrogens with one attached hydrogen (secondary N) is 2. The average Bonchev–Trinajstić information content (AvgIpc) is 3.08. The number of rotatable bonds is 9. The topological polar surface area (TPSA) is 96.0 Å². The number of aromatic nitrogens is 2. The number of allylic oxidation sites excluding steroid dienone is 2. The molecule has 29 heavy (non-hydrogen) atoms. The number of aryl methyl sites for hydroxylation is 1. The zero-order valence-corrected chi connectivity index (χ0v) is 17.2. The summed E-state index contributed by atoms with van der Waals surface area (Å²) in [5.41, 5.74) is 16.7. The van der Waals surface area contributed by atoms with Gasteiger partial charge in [0.05, 0.1) is 6.17 Å². The summed E-state index contributed by atoms with van der Waals surface area (Å²) in [6.07, 6.45) is 13.2. The molecule has 6 N–H and O–H groups in total. The minimum atomic E-state index is 0.122. The second-order valence-electron chi connectivity index (χ2n) is 7.55. The molecule has 0 aliphatic carbocycles. The van der Waals surface area contributed by atoms with Gasteiger partial charge in [-0.05, 0) is 68.5 Å². The number of pyridine rings is 1. The van der Waals surface area contributed by atoms with Gasteiger partial charge in [-0.1, -0.05) is 19.2 Å². The fraction of sp³-hybridized carbons (Fsp3) is 0.348. The van der Waals surface area contributed by atoms with Gasteiger partial charge >= 0.3 is 0 Å². The molecule has 0 radical (unpaired) electrons. The van der Waals surface area contributed by atoms with Crippen LogP contribution in [0.25, 0.3) is 16.6 Å². The third-order valence-corrected chi connectivity index (χ3v) is 5.37. The van der Waals surface area contributed by atoms with Crippen molar-refractivity contribution in [2.45, 2.75) is 44.8 Å². The summed E-state index contributed by atoms with van der Waals surface area (Å²) in [5.74, 6) is 0. The van der Waals surface area contributed by atoms with Gasteiger partial charge in [-0.25, -0.2) is 4.98 Å². The van der Waals surface area contributed by atoms with E-state index in [1.165, 1.54) is 0 Å². The van der Waals surface area contributed by atoms with Crippen LogP contribution in [-0.4, -0.2) is 33.6 Å². The number of fused-ring (bicyclic) bond motifs is 1. The lowest BCUT2D eigenvalue weighted by Gasteiger charge is -2.36. The summed E-state index contributed by atoms with van der Waals surface area (Å²) in [5, 5.41) is 4.87. The molecule has 2 atom stereocenters. The molecule has 2 unspecified atom stereocenters. The van der Waals surface area contributed by atoms with E-state index in [0.717, 1.165) is 59.2 Å². The second-order valence-corrected chi connectivity index (χ2v) is 7.55. The predicted molar refractivity (Wildman–Crippen MR) is 122 cm³/mol. The van der Waals surface area contributed by atoms with E-state index in [-0.39, 0.29) is 12.2 Å². The largest absolute Gasteiger partial charge is 0.403 e. The maximum absolute atomic E-state index is 5.90. The molecule has 154 valence electrons. The Morgan fingerprint density at radius 3 is 3.07 bits per heavy atom. The first kappa shape index (κ1) is 20.9. The van der Waals surface area contributed by atoms with Gasteiger partial charge in [0.1, 0.15) is 5.65 Å². The maximum atomic E-state index is 5.90. The average molecular weight is 393 g/mol. The Morgan fingerprint density at radius 2 is 2.31 bits per heavy atom. The van der Waals surface area contributed by atoms with E-state index in [0.29, 0.717) is 6.54 Å². The van der Waals surface area contributed by atoms with Crippen molar-refractivity contribution in [2.24, 2.45) is 11.5 Å². The molecule has 1 aliphatic rings. The first-order valence-corrected chi connectivity index (χ1v) is 10.1. The van der Waals surface area contributed by atoms with Gasteiger partial charge in [0.25, 0.3) is 0 Å². The molecule has 0 saturated carbocycles. The molecule has 0 saturated heterocycles. The molecular weight excluding hydrogens is 360 g/mol. The summed E-state index contributed by atoms with van der Waals surface area (Å²) in [6.45, 7) is 11.1. The van der Waals surface area contributed by atoms with Crippen molar-refractivity contribution < 1.29 is 0 Å². The Kier molecular flexibility index (Phi) is 6.90. The molecule has 0 aromatic carbocycles. The summed E-state index contributed by atoms with van der Waals surface area (Å²) >= 11 is 0. The van der Waals surface area contributed by atoms with Crippen LogP contribution in [0.4, 0.5) is 0 Å². The highest BCUT2D eigenvalue weighted by atomic mass is 15.3. The van der Waals surface area contributed by atoms with E-state index in [1.54, 1.807) is 6.20 Å². The summed E-state index contributed by atoms with van der Waals surface area (Å²) in [7, 11) is 0.